The van der Waals surface area contributed by atoms with Gasteiger partial charge in [0.1, 0.15) is 23.2 Å². The number of phenolic OH excluding ortho intramolecular Hbond substituents is 2. The molecule has 0 unspecified atom stereocenters. The van der Waals surface area contributed by atoms with E-state index in [-0.39, 0.29) is 23.2 Å². The van der Waals surface area contributed by atoms with Crippen LogP contribution in [0.5, 0.6) is 11.5 Å². The highest BCUT2D eigenvalue weighted by atomic mass is 16.5. The lowest BCUT2D eigenvalue weighted by atomic mass is 10.2. The summed E-state index contributed by atoms with van der Waals surface area (Å²) in [6.07, 6.45) is 1.29. The smallest absolute Gasteiger partial charge is 0.342 e. The summed E-state index contributed by atoms with van der Waals surface area (Å²) in [4.78, 5) is 11.7. The van der Waals surface area contributed by atoms with Gasteiger partial charge in [-0.1, -0.05) is 13.8 Å². The van der Waals surface area contributed by atoms with Crippen molar-refractivity contribution >= 4 is 5.97 Å². The standard InChI is InChI=1S/C12H16O4/c1-3-9(4-2)16-12(15)10-7-8(13)5-6-11(10)14/h5-7,9,13-14H,3-4H2,1-2H3. The summed E-state index contributed by atoms with van der Waals surface area (Å²) in [5.74, 6) is -0.870. The first-order chi connectivity index (χ1) is 7.58. The van der Waals surface area contributed by atoms with E-state index in [1.165, 1.54) is 18.2 Å². The average Bonchev–Trinajstić information content (AvgIpc) is 2.28. The Hall–Kier alpha value is -1.71. The summed E-state index contributed by atoms with van der Waals surface area (Å²) in [5.41, 5.74) is -0.00750. The van der Waals surface area contributed by atoms with Gasteiger partial charge in [-0.25, -0.2) is 4.79 Å². The molecule has 1 rings (SSSR count). The van der Waals surface area contributed by atoms with Gasteiger partial charge in [-0.05, 0) is 31.0 Å². The molecule has 88 valence electrons. The average molecular weight is 224 g/mol. The van der Waals surface area contributed by atoms with Crippen LogP contribution in [-0.4, -0.2) is 22.3 Å². The minimum absolute atomic E-state index is 0.00750. The van der Waals surface area contributed by atoms with Crippen molar-refractivity contribution in [3.8, 4) is 11.5 Å². The van der Waals surface area contributed by atoms with Crippen LogP contribution in [-0.2, 0) is 4.74 Å². The number of carbonyl (C=O) groups excluding carboxylic acids is 1. The Labute approximate surface area is 94.5 Å². The summed E-state index contributed by atoms with van der Waals surface area (Å²) in [7, 11) is 0. The molecule has 1 aromatic rings. The van der Waals surface area contributed by atoms with Crippen LogP contribution in [0.3, 0.4) is 0 Å². The van der Waals surface area contributed by atoms with Crippen molar-refractivity contribution in [2.24, 2.45) is 0 Å². The fourth-order valence-corrected chi connectivity index (χ4v) is 1.36. The normalized spacial score (nSPS) is 10.4. The van der Waals surface area contributed by atoms with Crippen molar-refractivity contribution in [2.45, 2.75) is 32.8 Å². The molecule has 2 N–H and O–H groups in total. The topological polar surface area (TPSA) is 66.8 Å². The third kappa shape index (κ3) is 2.89. The van der Waals surface area contributed by atoms with Crippen molar-refractivity contribution in [1.29, 1.82) is 0 Å². The Morgan fingerprint density at radius 3 is 2.50 bits per heavy atom. The summed E-state index contributed by atoms with van der Waals surface area (Å²) in [6, 6.07) is 3.77. The second-order valence-corrected chi connectivity index (χ2v) is 3.55. The van der Waals surface area contributed by atoms with E-state index in [0.717, 1.165) is 12.8 Å². The SMILES string of the molecule is CCC(CC)OC(=O)c1cc(O)ccc1O. The Balaban J connectivity index is 2.83. The number of esters is 1. The summed E-state index contributed by atoms with van der Waals surface area (Å²) in [5, 5.41) is 18.7. The minimum Gasteiger partial charge on any atom is -0.508 e. The molecule has 0 saturated heterocycles. The number of ether oxygens (including phenoxy) is 1. The number of hydrogen-bond donors (Lipinski definition) is 2. The van der Waals surface area contributed by atoms with Crippen LogP contribution in [0, 0.1) is 0 Å². The first-order valence-corrected chi connectivity index (χ1v) is 5.31. The molecule has 0 fully saturated rings. The molecule has 16 heavy (non-hydrogen) atoms. The van der Waals surface area contributed by atoms with E-state index >= 15 is 0 Å². The van der Waals surface area contributed by atoms with E-state index in [1.807, 2.05) is 13.8 Å². The van der Waals surface area contributed by atoms with Crippen molar-refractivity contribution in [2.75, 3.05) is 0 Å². The number of carbonyl (C=O) groups is 1. The molecule has 0 atom stereocenters. The van der Waals surface area contributed by atoms with E-state index in [2.05, 4.69) is 0 Å². The lowest BCUT2D eigenvalue weighted by Crippen LogP contribution is -2.16. The van der Waals surface area contributed by atoms with Gasteiger partial charge in [0.05, 0.1) is 0 Å². The van der Waals surface area contributed by atoms with E-state index in [1.54, 1.807) is 0 Å². The molecule has 0 aliphatic rings. The molecule has 0 radical (unpaired) electrons. The van der Waals surface area contributed by atoms with Gasteiger partial charge in [0.15, 0.2) is 0 Å². The maximum atomic E-state index is 11.7. The second-order valence-electron chi connectivity index (χ2n) is 3.55. The molecular weight excluding hydrogens is 208 g/mol. The molecule has 0 amide bonds. The Kier molecular flexibility index (Phi) is 4.17. The zero-order chi connectivity index (χ0) is 12.1. The van der Waals surface area contributed by atoms with Crippen molar-refractivity contribution < 1.29 is 19.7 Å². The van der Waals surface area contributed by atoms with Crippen LogP contribution in [0.4, 0.5) is 0 Å². The summed E-state index contributed by atoms with van der Waals surface area (Å²) >= 11 is 0. The van der Waals surface area contributed by atoms with Crippen LogP contribution in [0.15, 0.2) is 18.2 Å². The number of hydrogen-bond acceptors (Lipinski definition) is 4. The fraction of sp³-hybridized carbons (Fsp3) is 0.417. The van der Waals surface area contributed by atoms with Gasteiger partial charge >= 0.3 is 5.97 Å². The fourth-order valence-electron chi connectivity index (χ4n) is 1.36. The third-order valence-electron chi connectivity index (χ3n) is 2.38. The minimum atomic E-state index is -0.609. The highest BCUT2D eigenvalue weighted by molar-refractivity contribution is 5.92. The van der Waals surface area contributed by atoms with Crippen LogP contribution in [0.2, 0.25) is 0 Å². The first kappa shape index (κ1) is 12.4. The molecule has 0 aliphatic carbocycles. The molecule has 0 saturated carbocycles. The van der Waals surface area contributed by atoms with Crippen molar-refractivity contribution in [1.82, 2.24) is 0 Å². The van der Waals surface area contributed by atoms with Gasteiger partial charge in [-0.3, -0.25) is 0 Å². The van der Waals surface area contributed by atoms with Gasteiger partial charge in [-0.15, -0.1) is 0 Å². The Morgan fingerprint density at radius 2 is 1.94 bits per heavy atom. The van der Waals surface area contributed by atoms with E-state index < -0.39 is 5.97 Å². The number of aromatic hydroxyl groups is 2. The van der Waals surface area contributed by atoms with Gasteiger partial charge in [0.25, 0.3) is 0 Å². The first-order valence-electron chi connectivity index (χ1n) is 5.31. The Bertz CT molecular complexity index is 369. The zero-order valence-electron chi connectivity index (χ0n) is 9.43. The predicted octanol–water partition coefficient (Wildman–Crippen LogP) is 2.44. The number of phenols is 2. The predicted molar refractivity (Wildman–Crippen MR) is 59.6 cm³/mol. The van der Waals surface area contributed by atoms with Crippen LogP contribution in [0.1, 0.15) is 37.0 Å². The molecule has 0 aromatic heterocycles. The van der Waals surface area contributed by atoms with E-state index in [0.29, 0.717) is 0 Å². The second kappa shape index (κ2) is 5.39. The lowest BCUT2D eigenvalue weighted by Gasteiger charge is -2.14. The van der Waals surface area contributed by atoms with Gasteiger partial charge in [0.2, 0.25) is 0 Å². The van der Waals surface area contributed by atoms with Gasteiger partial charge in [0, 0.05) is 0 Å². The molecule has 4 heteroatoms. The number of rotatable bonds is 4. The van der Waals surface area contributed by atoms with E-state index in [9.17, 15) is 15.0 Å². The molecule has 1 aromatic carbocycles. The highest BCUT2D eigenvalue weighted by Crippen LogP contribution is 2.23. The van der Waals surface area contributed by atoms with Gasteiger partial charge < -0.3 is 14.9 Å². The zero-order valence-corrected chi connectivity index (χ0v) is 9.43. The monoisotopic (exact) mass is 224 g/mol. The largest absolute Gasteiger partial charge is 0.508 e. The maximum Gasteiger partial charge on any atom is 0.342 e. The van der Waals surface area contributed by atoms with Crippen LogP contribution in [0.25, 0.3) is 0 Å². The highest BCUT2D eigenvalue weighted by Gasteiger charge is 2.16. The molecular formula is C12H16O4. The van der Waals surface area contributed by atoms with Crippen molar-refractivity contribution in [3.63, 3.8) is 0 Å². The quantitative estimate of drug-likeness (QED) is 0.609. The van der Waals surface area contributed by atoms with Gasteiger partial charge in [-0.2, -0.15) is 0 Å². The van der Waals surface area contributed by atoms with Crippen LogP contribution >= 0.6 is 0 Å². The third-order valence-corrected chi connectivity index (χ3v) is 2.38. The van der Waals surface area contributed by atoms with Crippen molar-refractivity contribution in [3.05, 3.63) is 23.8 Å². The molecule has 4 nitrogen and oxygen atoms in total. The summed E-state index contributed by atoms with van der Waals surface area (Å²) < 4.78 is 5.16. The summed E-state index contributed by atoms with van der Waals surface area (Å²) in [6.45, 7) is 3.84. The molecule has 0 aliphatic heterocycles. The molecule has 0 spiro atoms. The lowest BCUT2D eigenvalue weighted by molar-refractivity contribution is 0.0281. The maximum absolute atomic E-state index is 11.7. The van der Waals surface area contributed by atoms with Crippen LogP contribution < -0.4 is 0 Å². The Morgan fingerprint density at radius 1 is 1.31 bits per heavy atom. The number of benzene rings is 1. The molecule has 0 heterocycles. The van der Waals surface area contributed by atoms with E-state index in [4.69, 9.17) is 4.74 Å². The molecule has 0 bridgehead atoms.